The maximum absolute atomic E-state index is 9.83. The van der Waals surface area contributed by atoms with Crippen LogP contribution in [0.1, 0.15) is 5.69 Å². The molecule has 0 spiro atoms. The monoisotopic (exact) mass is 327 g/mol. The van der Waals surface area contributed by atoms with E-state index in [0.29, 0.717) is 28.9 Å². The zero-order valence-corrected chi connectivity index (χ0v) is 12.7. The van der Waals surface area contributed by atoms with Crippen LogP contribution in [-0.2, 0) is 6.54 Å². The molecular formula is C14H15Cl2N3O2. The van der Waals surface area contributed by atoms with Crippen molar-refractivity contribution in [3.05, 3.63) is 52.3 Å². The molecule has 0 aliphatic carbocycles. The number of aliphatic hydroxyl groups excluding tert-OH is 1. The number of nitrogens with one attached hydrogen (secondary N) is 1. The van der Waals surface area contributed by atoms with Crippen molar-refractivity contribution in [2.75, 3.05) is 13.2 Å². The van der Waals surface area contributed by atoms with Crippen LogP contribution in [0, 0.1) is 0 Å². The van der Waals surface area contributed by atoms with Crippen molar-refractivity contribution in [2.45, 2.75) is 12.6 Å². The van der Waals surface area contributed by atoms with Crippen molar-refractivity contribution in [3.63, 3.8) is 0 Å². The molecule has 2 N–H and O–H groups in total. The molecule has 1 unspecified atom stereocenters. The number of benzene rings is 1. The predicted octanol–water partition coefficient (Wildman–Crippen LogP) is 2.31. The third-order valence-corrected chi connectivity index (χ3v) is 3.39. The molecule has 21 heavy (non-hydrogen) atoms. The second-order valence-corrected chi connectivity index (χ2v) is 5.20. The van der Waals surface area contributed by atoms with Crippen molar-refractivity contribution in [1.29, 1.82) is 0 Å². The Morgan fingerprint density at radius 2 is 2.10 bits per heavy atom. The quantitative estimate of drug-likeness (QED) is 0.816. The molecule has 0 bridgehead atoms. The van der Waals surface area contributed by atoms with Crippen LogP contribution < -0.4 is 10.1 Å². The molecule has 1 heterocycles. The molecule has 0 fully saturated rings. The minimum Gasteiger partial charge on any atom is -0.491 e. The van der Waals surface area contributed by atoms with Gasteiger partial charge in [0.1, 0.15) is 18.5 Å². The van der Waals surface area contributed by atoms with E-state index >= 15 is 0 Å². The highest BCUT2D eigenvalue weighted by Crippen LogP contribution is 2.26. The lowest BCUT2D eigenvalue weighted by molar-refractivity contribution is 0.106. The van der Waals surface area contributed by atoms with E-state index in [-0.39, 0.29) is 6.61 Å². The molecule has 0 saturated heterocycles. The Balaban J connectivity index is 1.69. The molecule has 2 rings (SSSR count). The molecule has 7 heteroatoms. The van der Waals surface area contributed by atoms with Crippen molar-refractivity contribution < 1.29 is 9.84 Å². The molecular weight excluding hydrogens is 313 g/mol. The van der Waals surface area contributed by atoms with Gasteiger partial charge < -0.3 is 15.2 Å². The van der Waals surface area contributed by atoms with Gasteiger partial charge >= 0.3 is 0 Å². The number of ether oxygens (including phenoxy) is 1. The first-order chi connectivity index (χ1) is 10.1. The molecule has 0 aliphatic heterocycles. The summed E-state index contributed by atoms with van der Waals surface area (Å²) in [5.41, 5.74) is 0.815. The van der Waals surface area contributed by atoms with Crippen LogP contribution in [0.5, 0.6) is 5.75 Å². The van der Waals surface area contributed by atoms with E-state index in [1.165, 1.54) is 0 Å². The summed E-state index contributed by atoms with van der Waals surface area (Å²) < 4.78 is 5.45. The van der Waals surface area contributed by atoms with E-state index in [1.807, 2.05) is 12.1 Å². The number of halogens is 2. The molecule has 0 amide bonds. The number of hydrogen-bond donors (Lipinski definition) is 2. The van der Waals surface area contributed by atoms with E-state index < -0.39 is 6.10 Å². The zero-order chi connectivity index (χ0) is 15.1. The van der Waals surface area contributed by atoms with Gasteiger partial charge in [-0.25, -0.2) is 0 Å². The van der Waals surface area contributed by atoms with Gasteiger partial charge in [0, 0.05) is 25.4 Å². The second-order valence-electron chi connectivity index (χ2n) is 4.39. The summed E-state index contributed by atoms with van der Waals surface area (Å²) in [6.45, 7) is 1.08. The smallest absolute Gasteiger partial charge is 0.121 e. The van der Waals surface area contributed by atoms with Gasteiger partial charge in [0.15, 0.2) is 0 Å². The van der Waals surface area contributed by atoms with E-state index in [9.17, 15) is 5.11 Å². The average Bonchev–Trinajstić information content (AvgIpc) is 2.49. The predicted molar refractivity (Wildman–Crippen MR) is 81.7 cm³/mol. The van der Waals surface area contributed by atoms with Gasteiger partial charge in [-0.3, -0.25) is 0 Å². The fraction of sp³-hybridized carbons (Fsp3) is 0.286. The lowest BCUT2D eigenvalue weighted by Gasteiger charge is -2.13. The van der Waals surface area contributed by atoms with Gasteiger partial charge in [-0.05, 0) is 24.3 Å². The van der Waals surface area contributed by atoms with Crippen LogP contribution in [0.25, 0.3) is 0 Å². The highest BCUT2D eigenvalue weighted by Gasteiger charge is 2.06. The first-order valence-corrected chi connectivity index (χ1v) is 7.14. The van der Waals surface area contributed by atoms with Gasteiger partial charge in [-0.15, -0.1) is 0 Å². The largest absolute Gasteiger partial charge is 0.491 e. The Morgan fingerprint density at radius 3 is 2.81 bits per heavy atom. The van der Waals surface area contributed by atoms with Crippen LogP contribution in [-0.4, -0.2) is 34.6 Å². The topological polar surface area (TPSA) is 67.3 Å². The third-order valence-electron chi connectivity index (χ3n) is 2.65. The maximum Gasteiger partial charge on any atom is 0.121 e. The zero-order valence-electron chi connectivity index (χ0n) is 11.2. The highest BCUT2D eigenvalue weighted by atomic mass is 35.5. The number of aliphatic hydroxyl groups is 1. The molecule has 2 aromatic rings. The Kier molecular flexibility index (Phi) is 6.20. The van der Waals surface area contributed by atoms with Crippen LogP contribution in [0.3, 0.4) is 0 Å². The van der Waals surface area contributed by atoms with Crippen molar-refractivity contribution >= 4 is 23.2 Å². The average molecular weight is 328 g/mol. The van der Waals surface area contributed by atoms with Crippen LogP contribution in [0.4, 0.5) is 0 Å². The summed E-state index contributed by atoms with van der Waals surface area (Å²) in [6, 6.07) is 8.64. The standard InChI is InChI=1S/C14H15Cl2N3O2/c15-13-4-3-12(6-14(13)16)21-9-11(20)8-17-7-10-2-1-5-18-19-10/h1-6,11,17,20H,7-9H2. The van der Waals surface area contributed by atoms with Crippen molar-refractivity contribution in [1.82, 2.24) is 15.5 Å². The van der Waals surface area contributed by atoms with Gasteiger partial charge in [-0.1, -0.05) is 23.2 Å². The SMILES string of the molecule is OC(CNCc1cccnn1)COc1ccc(Cl)c(Cl)c1. The summed E-state index contributed by atoms with van der Waals surface area (Å²) in [4.78, 5) is 0. The van der Waals surface area contributed by atoms with E-state index in [4.69, 9.17) is 27.9 Å². The summed E-state index contributed by atoms with van der Waals surface area (Å²) in [6.07, 6.45) is 0.972. The van der Waals surface area contributed by atoms with E-state index in [1.54, 1.807) is 24.4 Å². The van der Waals surface area contributed by atoms with Crippen LogP contribution in [0.2, 0.25) is 10.0 Å². The van der Waals surface area contributed by atoms with E-state index in [2.05, 4.69) is 15.5 Å². The Bertz CT molecular complexity index is 569. The molecule has 1 atom stereocenters. The lowest BCUT2D eigenvalue weighted by Crippen LogP contribution is -2.31. The number of nitrogens with zero attached hydrogens (tertiary/aromatic N) is 2. The second kappa shape index (κ2) is 8.14. The minimum atomic E-state index is -0.642. The van der Waals surface area contributed by atoms with Crippen LogP contribution in [0.15, 0.2) is 36.5 Å². The molecule has 1 aromatic heterocycles. The Labute approximate surface area is 132 Å². The molecule has 1 aromatic carbocycles. The fourth-order valence-corrected chi connectivity index (χ4v) is 1.90. The van der Waals surface area contributed by atoms with E-state index in [0.717, 1.165) is 5.69 Å². The van der Waals surface area contributed by atoms with Gasteiger partial charge in [0.2, 0.25) is 0 Å². The first-order valence-electron chi connectivity index (χ1n) is 6.38. The summed E-state index contributed by atoms with van der Waals surface area (Å²) in [7, 11) is 0. The van der Waals surface area contributed by atoms with Crippen molar-refractivity contribution in [3.8, 4) is 5.75 Å². The summed E-state index contributed by atoms with van der Waals surface area (Å²) in [5.74, 6) is 0.567. The lowest BCUT2D eigenvalue weighted by atomic mass is 10.3. The molecule has 0 saturated carbocycles. The van der Waals surface area contributed by atoms with Gasteiger partial charge in [0.05, 0.1) is 15.7 Å². The van der Waals surface area contributed by atoms with Crippen molar-refractivity contribution in [2.24, 2.45) is 0 Å². The normalized spacial score (nSPS) is 12.1. The summed E-state index contributed by atoms with van der Waals surface area (Å²) in [5, 5.41) is 21.5. The van der Waals surface area contributed by atoms with Gasteiger partial charge in [-0.2, -0.15) is 10.2 Å². The molecule has 5 nitrogen and oxygen atoms in total. The summed E-state index contributed by atoms with van der Waals surface area (Å²) >= 11 is 11.7. The third kappa shape index (κ3) is 5.47. The highest BCUT2D eigenvalue weighted by molar-refractivity contribution is 6.42. The van der Waals surface area contributed by atoms with Crippen LogP contribution >= 0.6 is 23.2 Å². The molecule has 0 aliphatic rings. The first kappa shape index (κ1) is 16.0. The Morgan fingerprint density at radius 1 is 1.24 bits per heavy atom. The number of aromatic nitrogens is 2. The fourth-order valence-electron chi connectivity index (χ4n) is 1.61. The molecule has 112 valence electrons. The number of hydrogen-bond acceptors (Lipinski definition) is 5. The van der Waals surface area contributed by atoms with Gasteiger partial charge in [0.25, 0.3) is 0 Å². The maximum atomic E-state index is 9.83. The number of rotatable bonds is 7. The Hall–Kier alpha value is -1.40. The minimum absolute atomic E-state index is 0.158. The molecule has 0 radical (unpaired) electrons.